The van der Waals surface area contributed by atoms with Crippen LogP contribution in [-0.2, 0) is 23.2 Å². The lowest BCUT2D eigenvalue weighted by Gasteiger charge is -2.19. The molecule has 0 saturated carbocycles. The van der Waals surface area contributed by atoms with Gasteiger partial charge in [0.1, 0.15) is 24.7 Å². The molecule has 0 amide bonds. The molecule has 0 fully saturated rings. The van der Waals surface area contributed by atoms with Crippen LogP contribution in [0.25, 0.3) is 12.2 Å². The number of ketones is 2. The zero-order chi connectivity index (χ0) is 33.0. The number of hydrogen-bond acceptors (Lipinski definition) is 7. The maximum absolute atomic E-state index is 12.4. The minimum atomic E-state index is -3.06. The zero-order valence-electron chi connectivity index (χ0n) is 27.6. The summed E-state index contributed by atoms with van der Waals surface area (Å²) in [4.78, 5) is 24.8. The van der Waals surface area contributed by atoms with E-state index in [0.29, 0.717) is 11.5 Å². The second kappa shape index (κ2) is 18.1. The summed E-state index contributed by atoms with van der Waals surface area (Å²) in [6, 6.07) is 7.55. The van der Waals surface area contributed by atoms with Gasteiger partial charge < -0.3 is 19.3 Å². The summed E-state index contributed by atoms with van der Waals surface area (Å²) in [6.45, 7) is 15.6. The van der Waals surface area contributed by atoms with E-state index >= 15 is 0 Å². The van der Waals surface area contributed by atoms with E-state index in [0.717, 1.165) is 59.1 Å². The lowest BCUT2D eigenvalue weighted by Crippen LogP contribution is -2.05. The first-order valence-corrected chi connectivity index (χ1v) is 17.0. The second-order valence-corrected chi connectivity index (χ2v) is 12.8. The number of hydrogen-bond donors (Lipinski definition) is 2. The van der Waals surface area contributed by atoms with E-state index in [2.05, 4.69) is 55.4 Å². The Kier molecular flexibility index (Phi) is 15.3. The smallest absolute Gasteiger partial charge is 0.320 e. The quantitative estimate of drug-likeness (QED) is 0.125. The molecule has 0 aliphatic heterocycles. The minimum absolute atomic E-state index is 0.163. The van der Waals surface area contributed by atoms with Gasteiger partial charge in [0, 0.05) is 0 Å². The summed E-state index contributed by atoms with van der Waals surface area (Å²) in [5.74, 6) is 0.482. The predicted octanol–water partition coefficient (Wildman–Crippen LogP) is 9.44. The Bertz CT molecular complexity index is 1200. The molecule has 2 aromatic carbocycles. The number of rotatable bonds is 18. The number of carbonyl (C=O) groups is 2. The highest BCUT2D eigenvalue weighted by Gasteiger charge is 2.19. The molecule has 0 aliphatic carbocycles. The first-order chi connectivity index (χ1) is 20.9. The van der Waals surface area contributed by atoms with Crippen LogP contribution < -0.4 is 0 Å². The summed E-state index contributed by atoms with van der Waals surface area (Å²) < 4.78 is 22.4. The molecule has 242 valence electrons. The van der Waals surface area contributed by atoms with Gasteiger partial charge in [-0.25, -0.2) is 0 Å². The molecule has 0 aromatic heterocycles. The van der Waals surface area contributed by atoms with E-state index in [9.17, 15) is 24.4 Å². The number of aromatic hydroxyl groups is 2. The van der Waals surface area contributed by atoms with Crippen molar-refractivity contribution in [1.82, 2.24) is 0 Å². The highest BCUT2D eigenvalue weighted by Crippen LogP contribution is 2.39. The van der Waals surface area contributed by atoms with Crippen LogP contribution in [0.5, 0.6) is 11.5 Å². The number of carbonyl (C=O) groups excluding carboxylic acids is 2. The molecule has 8 heteroatoms. The maximum atomic E-state index is 12.4. The molecule has 44 heavy (non-hydrogen) atoms. The number of phenolic OH excluding ortho intramolecular Hbond substituents is 2. The van der Waals surface area contributed by atoms with Gasteiger partial charge in [0.2, 0.25) is 0 Å². The van der Waals surface area contributed by atoms with Crippen molar-refractivity contribution < 1.29 is 33.4 Å². The van der Waals surface area contributed by atoms with Gasteiger partial charge >= 0.3 is 8.25 Å². The summed E-state index contributed by atoms with van der Waals surface area (Å²) in [5, 5.41) is 21.6. The highest BCUT2D eigenvalue weighted by molar-refractivity contribution is 7.33. The van der Waals surface area contributed by atoms with Gasteiger partial charge in [-0.2, -0.15) is 0 Å². The Morgan fingerprint density at radius 1 is 0.636 bits per heavy atom. The fourth-order valence-corrected chi connectivity index (χ4v) is 5.36. The highest BCUT2D eigenvalue weighted by atomic mass is 31.1. The van der Waals surface area contributed by atoms with Gasteiger partial charge in [-0.1, -0.05) is 67.5 Å². The first kappa shape index (κ1) is 37.2. The summed E-state index contributed by atoms with van der Waals surface area (Å²) in [6.07, 6.45) is 9.52. The molecule has 2 aromatic rings. The standard InChI is InChI=1S/C36H51O7P/c1-9-23(5)31-17-27(18-32(35(31)39)24(6)10-2)13-15-29(37)21-42-44(41)43-22-30(38)16-14-28-19-33(25(7)11-3)36(40)34(20-28)26(8)12-4/h13-20,23-26,39-40,44H,9-12,21-22H2,1-8H3/b15-13+,16-14+. The van der Waals surface area contributed by atoms with Crippen LogP contribution in [0.4, 0.5) is 0 Å². The Balaban J connectivity index is 1.99. The van der Waals surface area contributed by atoms with Crippen LogP contribution in [0.2, 0.25) is 0 Å². The van der Waals surface area contributed by atoms with Crippen LogP contribution in [0.15, 0.2) is 36.4 Å². The van der Waals surface area contributed by atoms with Crippen molar-refractivity contribution in [3.05, 3.63) is 69.8 Å². The molecule has 0 spiro atoms. The molecular weight excluding hydrogens is 575 g/mol. The van der Waals surface area contributed by atoms with Crippen molar-refractivity contribution in [2.45, 2.75) is 105 Å². The molecule has 0 bridgehead atoms. The van der Waals surface area contributed by atoms with Crippen molar-refractivity contribution >= 4 is 32.0 Å². The largest absolute Gasteiger partial charge is 0.507 e. The fourth-order valence-electron chi connectivity index (χ4n) is 4.76. The predicted molar refractivity (Wildman–Crippen MR) is 180 cm³/mol. The van der Waals surface area contributed by atoms with Crippen LogP contribution in [0.3, 0.4) is 0 Å². The Hall–Kier alpha value is -2.99. The molecule has 0 radical (unpaired) electrons. The average molecular weight is 627 g/mol. The number of benzene rings is 2. The third-order valence-corrected chi connectivity index (χ3v) is 9.30. The topological polar surface area (TPSA) is 110 Å². The van der Waals surface area contributed by atoms with Gasteiger partial charge in [-0.05, 0) is 119 Å². The first-order valence-electron chi connectivity index (χ1n) is 15.8. The molecule has 2 N–H and O–H groups in total. The second-order valence-electron chi connectivity index (χ2n) is 11.8. The van der Waals surface area contributed by atoms with E-state index in [1.54, 1.807) is 12.2 Å². The Morgan fingerprint density at radius 3 is 1.16 bits per heavy atom. The molecule has 0 heterocycles. The molecule has 0 aliphatic rings. The van der Waals surface area contributed by atoms with Crippen LogP contribution in [0, 0.1) is 0 Å². The molecule has 7 nitrogen and oxygen atoms in total. The van der Waals surface area contributed by atoms with E-state index < -0.39 is 33.0 Å². The summed E-state index contributed by atoms with van der Waals surface area (Å²) in [5.41, 5.74) is 4.99. The molecule has 4 unspecified atom stereocenters. The molecule has 0 saturated heterocycles. The van der Waals surface area contributed by atoms with Crippen molar-refractivity contribution in [2.75, 3.05) is 13.2 Å². The van der Waals surface area contributed by atoms with E-state index in [1.165, 1.54) is 12.2 Å². The zero-order valence-corrected chi connectivity index (χ0v) is 28.6. The molecule has 4 atom stereocenters. The molecular formula is C36H51O7P. The maximum Gasteiger partial charge on any atom is 0.320 e. The van der Waals surface area contributed by atoms with Gasteiger partial charge in [0.25, 0.3) is 0 Å². The van der Waals surface area contributed by atoms with E-state index in [4.69, 9.17) is 9.05 Å². The average Bonchev–Trinajstić information content (AvgIpc) is 3.03. The summed E-state index contributed by atoms with van der Waals surface area (Å²) >= 11 is 0. The van der Waals surface area contributed by atoms with Crippen molar-refractivity contribution in [1.29, 1.82) is 0 Å². The fraction of sp³-hybridized carbons (Fsp3) is 0.500. The number of phenols is 2. The van der Waals surface area contributed by atoms with Crippen LogP contribution in [-0.4, -0.2) is 35.0 Å². The summed E-state index contributed by atoms with van der Waals surface area (Å²) in [7, 11) is -3.06. The van der Waals surface area contributed by atoms with Crippen LogP contribution in [0.1, 0.15) is 138 Å². The van der Waals surface area contributed by atoms with Crippen LogP contribution >= 0.6 is 8.25 Å². The Labute approximate surface area is 264 Å². The third-order valence-electron chi connectivity index (χ3n) is 8.54. The SMILES string of the molecule is CCC(C)c1cc(/C=C/C(=O)CO[PH](=O)OCC(=O)/C=C/c2cc(C(C)CC)c(O)c(C(C)CC)c2)cc(C(C)CC)c1O. The lowest BCUT2D eigenvalue weighted by atomic mass is 9.88. The van der Waals surface area contributed by atoms with Crippen molar-refractivity contribution in [3.8, 4) is 11.5 Å². The van der Waals surface area contributed by atoms with Gasteiger partial charge in [0.05, 0.1) is 0 Å². The van der Waals surface area contributed by atoms with E-state index in [-0.39, 0.29) is 23.7 Å². The van der Waals surface area contributed by atoms with Gasteiger partial charge in [-0.3, -0.25) is 14.2 Å². The van der Waals surface area contributed by atoms with Gasteiger partial charge in [0.15, 0.2) is 11.6 Å². The van der Waals surface area contributed by atoms with Gasteiger partial charge in [-0.15, -0.1) is 0 Å². The third kappa shape index (κ3) is 10.6. The van der Waals surface area contributed by atoms with Crippen molar-refractivity contribution in [3.63, 3.8) is 0 Å². The monoisotopic (exact) mass is 626 g/mol. The van der Waals surface area contributed by atoms with E-state index in [1.807, 2.05) is 24.3 Å². The molecule has 2 rings (SSSR count). The Morgan fingerprint density at radius 2 is 0.909 bits per heavy atom. The normalized spacial score (nSPS) is 15.4. The van der Waals surface area contributed by atoms with Crippen molar-refractivity contribution in [2.24, 2.45) is 0 Å². The minimum Gasteiger partial charge on any atom is -0.507 e. The lowest BCUT2D eigenvalue weighted by molar-refractivity contribution is -0.116.